The summed E-state index contributed by atoms with van der Waals surface area (Å²) in [6, 6.07) is 15.7. The molecule has 20 heavy (non-hydrogen) atoms. The van der Waals surface area contributed by atoms with Gasteiger partial charge in [-0.3, -0.25) is 0 Å². The lowest BCUT2D eigenvalue weighted by Gasteiger charge is -2.16. The Morgan fingerprint density at radius 3 is 2.30 bits per heavy atom. The van der Waals surface area contributed by atoms with Crippen molar-refractivity contribution in [3.05, 3.63) is 65.2 Å². The fourth-order valence-electron chi connectivity index (χ4n) is 2.01. The van der Waals surface area contributed by atoms with Gasteiger partial charge in [0, 0.05) is 5.69 Å². The maximum absolute atomic E-state index is 12.0. The summed E-state index contributed by atoms with van der Waals surface area (Å²) in [7, 11) is 0. The average molecular weight is 268 g/mol. The van der Waals surface area contributed by atoms with Crippen LogP contribution in [0.25, 0.3) is 0 Å². The minimum atomic E-state index is -0.188. The van der Waals surface area contributed by atoms with Crippen LogP contribution in [0.4, 0.5) is 10.5 Å². The second-order valence-electron chi connectivity index (χ2n) is 5.05. The highest BCUT2D eigenvalue weighted by Crippen LogP contribution is 2.15. The van der Waals surface area contributed by atoms with Crippen LogP contribution < -0.4 is 10.6 Å². The standard InChI is InChI=1S/C17H20N2O/c1-12-8-10-15(11-9-12)14(3)18-17(20)19-16-7-5-4-6-13(16)2/h4-11,14H,1-3H3,(H2,18,19,20)/t14-/m1/s1. The van der Waals surface area contributed by atoms with Gasteiger partial charge in [-0.25, -0.2) is 4.79 Å². The third-order valence-corrected chi connectivity index (χ3v) is 3.32. The summed E-state index contributed by atoms with van der Waals surface area (Å²) >= 11 is 0. The Morgan fingerprint density at radius 1 is 1.00 bits per heavy atom. The van der Waals surface area contributed by atoms with Crippen LogP contribution in [0.2, 0.25) is 0 Å². The molecule has 2 amide bonds. The zero-order chi connectivity index (χ0) is 14.5. The van der Waals surface area contributed by atoms with Gasteiger partial charge in [-0.1, -0.05) is 48.0 Å². The van der Waals surface area contributed by atoms with Crippen LogP contribution in [0, 0.1) is 13.8 Å². The van der Waals surface area contributed by atoms with Crippen LogP contribution >= 0.6 is 0 Å². The number of carbonyl (C=O) groups excluding carboxylic acids is 1. The van der Waals surface area contributed by atoms with Crippen LogP contribution in [0.5, 0.6) is 0 Å². The fraction of sp³-hybridized carbons (Fsp3) is 0.235. The van der Waals surface area contributed by atoms with E-state index in [4.69, 9.17) is 0 Å². The first-order chi connectivity index (χ1) is 9.56. The molecule has 0 saturated heterocycles. The Labute approximate surface area is 120 Å². The van der Waals surface area contributed by atoms with E-state index in [0.29, 0.717) is 0 Å². The predicted octanol–water partition coefficient (Wildman–Crippen LogP) is 4.19. The van der Waals surface area contributed by atoms with E-state index in [-0.39, 0.29) is 12.1 Å². The zero-order valence-electron chi connectivity index (χ0n) is 12.1. The maximum Gasteiger partial charge on any atom is 0.319 e. The molecule has 3 heteroatoms. The van der Waals surface area contributed by atoms with Gasteiger partial charge in [-0.2, -0.15) is 0 Å². The number of hydrogen-bond donors (Lipinski definition) is 2. The summed E-state index contributed by atoms with van der Waals surface area (Å²) in [5.74, 6) is 0. The molecular formula is C17H20N2O. The molecule has 0 spiro atoms. The van der Waals surface area contributed by atoms with Crippen molar-refractivity contribution >= 4 is 11.7 Å². The summed E-state index contributed by atoms with van der Waals surface area (Å²) in [5, 5.41) is 5.81. The van der Waals surface area contributed by atoms with Crippen LogP contribution in [0.3, 0.4) is 0 Å². The van der Waals surface area contributed by atoms with E-state index in [1.54, 1.807) is 0 Å². The molecule has 0 aliphatic rings. The van der Waals surface area contributed by atoms with Crippen molar-refractivity contribution in [2.75, 3.05) is 5.32 Å². The van der Waals surface area contributed by atoms with Gasteiger partial charge in [-0.05, 0) is 38.0 Å². The molecule has 0 unspecified atom stereocenters. The van der Waals surface area contributed by atoms with Crippen molar-refractivity contribution in [1.29, 1.82) is 0 Å². The molecule has 1 atom stereocenters. The van der Waals surface area contributed by atoms with Crippen molar-refractivity contribution in [3.63, 3.8) is 0 Å². The highest BCUT2D eigenvalue weighted by molar-refractivity contribution is 5.90. The lowest BCUT2D eigenvalue weighted by atomic mass is 10.1. The first-order valence-electron chi connectivity index (χ1n) is 6.76. The smallest absolute Gasteiger partial charge is 0.319 e. The van der Waals surface area contributed by atoms with Crippen LogP contribution in [-0.4, -0.2) is 6.03 Å². The highest BCUT2D eigenvalue weighted by atomic mass is 16.2. The number of hydrogen-bond acceptors (Lipinski definition) is 1. The number of rotatable bonds is 3. The molecule has 0 aromatic heterocycles. The van der Waals surface area contributed by atoms with Gasteiger partial charge in [0.1, 0.15) is 0 Å². The summed E-state index contributed by atoms with van der Waals surface area (Å²) in [4.78, 5) is 12.0. The quantitative estimate of drug-likeness (QED) is 0.861. The normalized spacial score (nSPS) is 11.8. The molecule has 0 fully saturated rings. The summed E-state index contributed by atoms with van der Waals surface area (Å²) in [5.41, 5.74) is 4.19. The van der Waals surface area contributed by atoms with E-state index < -0.39 is 0 Å². The largest absolute Gasteiger partial charge is 0.331 e. The van der Waals surface area contributed by atoms with Gasteiger partial charge in [0.05, 0.1) is 6.04 Å². The minimum Gasteiger partial charge on any atom is -0.331 e. The van der Waals surface area contributed by atoms with E-state index in [2.05, 4.69) is 10.6 Å². The number of para-hydroxylation sites is 1. The highest BCUT2D eigenvalue weighted by Gasteiger charge is 2.09. The van der Waals surface area contributed by atoms with Gasteiger partial charge in [-0.15, -0.1) is 0 Å². The van der Waals surface area contributed by atoms with Crippen LogP contribution in [0.15, 0.2) is 48.5 Å². The van der Waals surface area contributed by atoms with E-state index in [1.807, 2.05) is 69.3 Å². The average Bonchev–Trinajstić information content (AvgIpc) is 2.42. The third-order valence-electron chi connectivity index (χ3n) is 3.32. The SMILES string of the molecule is Cc1ccc([C@@H](C)NC(=O)Nc2ccccc2C)cc1. The molecule has 0 aliphatic heterocycles. The minimum absolute atomic E-state index is 0.0281. The summed E-state index contributed by atoms with van der Waals surface area (Å²) in [6.45, 7) is 5.99. The van der Waals surface area contributed by atoms with Crippen LogP contribution in [0.1, 0.15) is 29.7 Å². The van der Waals surface area contributed by atoms with Gasteiger partial charge in [0.2, 0.25) is 0 Å². The lowest BCUT2D eigenvalue weighted by molar-refractivity contribution is 0.249. The molecule has 3 nitrogen and oxygen atoms in total. The summed E-state index contributed by atoms with van der Waals surface area (Å²) in [6.07, 6.45) is 0. The lowest BCUT2D eigenvalue weighted by Crippen LogP contribution is -2.31. The maximum atomic E-state index is 12.0. The van der Waals surface area contributed by atoms with Crippen molar-refractivity contribution in [2.45, 2.75) is 26.8 Å². The van der Waals surface area contributed by atoms with Crippen molar-refractivity contribution < 1.29 is 4.79 Å². The second kappa shape index (κ2) is 6.24. The van der Waals surface area contributed by atoms with Gasteiger partial charge >= 0.3 is 6.03 Å². The van der Waals surface area contributed by atoms with E-state index in [1.165, 1.54) is 5.56 Å². The van der Waals surface area contributed by atoms with Crippen molar-refractivity contribution in [3.8, 4) is 0 Å². The number of nitrogens with one attached hydrogen (secondary N) is 2. The van der Waals surface area contributed by atoms with E-state index in [0.717, 1.165) is 16.8 Å². The predicted molar refractivity (Wildman–Crippen MR) is 82.9 cm³/mol. The van der Waals surface area contributed by atoms with Crippen molar-refractivity contribution in [2.24, 2.45) is 0 Å². The Kier molecular flexibility index (Phi) is 4.41. The fourth-order valence-corrected chi connectivity index (χ4v) is 2.01. The Bertz CT molecular complexity index is 590. The molecule has 0 heterocycles. The van der Waals surface area contributed by atoms with Gasteiger partial charge in [0.25, 0.3) is 0 Å². The number of benzene rings is 2. The Hall–Kier alpha value is -2.29. The first-order valence-corrected chi connectivity index (χ1v) is 6.76. The number of carbonyl (C=O) groups is 1. The van der Waals surface area contributed by atoms with Gasteiger partial charge in [0.15, 0.2) is 0 Å². The van der Waals surface area contributed by atoms with Crippen LogP contribution in [-0.2, 0) is 0 Å². The molecule has 0 aliphatic carbocycles. The number of aryl methyl sites for hydroxylation is 2. The van der Waals surface area contributed by atoms with Gasteiger partial charge < -0.3 is 10.6 Å². The molecule has 2 N–H and O–H groups in total. The Morgan fingerprint density at radius 2 is 1.65 bits per heavy atom. The monoisotopic (exact) mass is 268 g/mol. The molecule has 0 radical (unpaired) electrons. The van der Waals surface area contributed by atoms with E-state index >= 15 is 0 Å². The molecule has 0 bridgehead atoms. The second-order valence-corrected chi connectivity index (χ2v) is 5.05. The Balaban J connectivity index is 1.98. The molecule has 104 valence electrons. The molecule has 2 aromatic carbocycles. The molecule has 2 aromatic rings. The van der Waals surface area contributed by atoms with Crippen molar-refractivity contribution in [1.82, 2.24) is 5.32 Å². The molecule has 0 saturated carbocycles. The number of anilines is 1. The summed E-state index contributed by atoms with van der Waals surface area (Å²) < 4.78 is 0. The molecule has 2 rings (SSSR count). The van der Waals surface area contributed by atoms with E-state index in [9.17, 15) is 4.79 Å². The molecular weight excluding hydrogens is 248 g/mol. The zero-order valence-corrected chi connectivity index (χ0v) is 12.1. The topological polar surface area (TPSA) is 41.1 Å². The first kappa shape index (κ1) is 14.1. The third kappa shape index (κ3) is 3.60. The number of amides is 2. The number of urea groups is 1.